The zero-order valence-corrected chi connectivity index (χ0v) is 17.6. The Morgan fingerprint density at radius 1 is 1.13 bits per heavy atom. The van der Waals surface area contributed by atoms with Crippen molar-refractivity contribution in [3.8, 4) is 0 Å². The second kappa shape index (κ2) is 9.13. The van der Waals surface area contributed by atoms with Gasteiger partial charge in [-0.3, -0.25) is 9.59 Å². The summed E-state index contributed by atoms with van der Waals surface area (Å²) in [6, 6.07) is 5.36. The van der Waals surface area contributed by atoms with Gasteiger partial charge < -0.3 is 15.7 Å². The molecule has 2 heterocycles. The van der Waals surface area contributed by atoms with Crippen molar-refractivity contribution in [1.29, 1.82) is 0 Å². The summed E-state index contributed by atoms with van der Waals surface area (Å²) in [4.78, 5) is 36.3. The summed E-state index contributed by atoms with van der Waals surface area (Å²) < 4.78 is 28.0. The van der Waals surface area contributed by atoms with E-state index in [1.165, 1.54) is 16.4 Å². The van der Waals surface area contributed by atoms with Crippen LogP contribution in [0.3, 0.4) is 0 Å². The summed E-state index contributed by atoms with van der Waals surface area (Å²) >= 11 is 0. The van der Waals surface area contributed by atoms with E-state index in [0.29, 0.717) is 25.7 Å². The predicted molar refractivity (Wildman–Crippen MR) is 108 cm³/mol. The number of carboxylic acids is 1. The SMILES string of the molecule is CCC(=O)NC[C@H](NC(=O)C1C2CCC(CC2)N1S(=O)(=O)c1ccccc1)C(=O)O. The molecule has 2 aliphatic heterocycles. The summed E-state index contributed by atoms with van der Waals surface area (Å²) in [5, 5.41) is 14.3. The third kappa shape index (κ3) is 4.49. The molecule has 0 aromatic heterocycles. The molecule has 1 aromatic carbocycles. The Morgan fingerprint density at radius 3 is 2.33 bits per heavy atom. The number of hydrogen-bond acceptors (Lipinski definition) is 5. The first kappa shape index (κ1) is 22.2. The summed E-state index contributed by atoms with van der Waals surface area (Å²) in [5.41, 5.74) is 0. The molecule has 2 saturated heterocycles. The molecule has 1 aromatic rings. The van der Waals surface area contributed by atoms with Crippen molar-refractivity contribution in [1.82, 2.24) is 14.9 Å². The monoisotopic (exact) mass is 437 g/mol. The molecule has 4 rings (SSSR count). The van der Waals surface area contributed by atoms with Crippen LogP contribution in [0.5, 0.6) is 0 Å². The molecule has 9 nitrogen and oxygen atoms in total. The van der Waals surface area contributed by atoms with Crippen LogP contribution in [0, 0.1) is 5.92 Å². The largest absolute Gasteiger partial charge is 0.480 e. The minimum atomic E-state index is -3.92. The number of benzene rings is 1. The number of carbonyl (C=O) groups is 3. The topological polar surface area (TPSA) is 133 Å². The first-order chi connectivity index (χ1) is 14.3. The number of amides is 2. The molecule has 2 bridgehead atoms. The lowest BCUT2D eigenvalue weighted by atomic mass is 9.76. The van der Waals surface area contributed by atoms with Crippen LogP contribution in [0.25, 0.3) is 0 Å². The number of piperidine rings is 2. The zero-order valence-electron chi connectivity index (χ0n) is 16.8. The number of nitrogens with zero attached hydrogens (tertiary/aromatic N) is 1. The lowest BCUT2D eigenvalue weighted by Crippen LogP contribution is -2.64. The molecule has 3 N–H and O–H groups in total. The van der Waals surface area contributed by atoms with Gasteiger partial charge in [0, 0.05) is 19.0 Å². The molecule has 1 aliphatic carbocycles. The minimum Gasteiger partial charge on any atom is -0.480 e. The molecule has 0 spiro atoms. The predicted octanol–water partition coefficient (Wildman–Crippen LogP) is 0.714. The van der Waals surface area contributed by atoms with Crippen LogP contribution in [-0.4, -0.2) is 60.3 Å². The Morgan fingerprint density at radius 2 is 1.77 bits per heavy atom. The first-order valence-electron chi connectivity index (χ1n) is 10.1. The maximum absolute atomic E-state index is 13.3. The number of rotatable bonds is 8. The minimum absolute atomic E-state index is 0.111. The molecule has 164 valence electrons. The quantitative estimate of drug-likeness (QED) is 0.549. The van der Waals surface area contributed by atoms with Gasteiger partial charge in [0.05, 0.1) is 4.90 Å². The fraction of sp³-hybridized carbons (Fsp3) is 0.550. The summed E-state index contributed by atoms with van der Waals surface area (Å²) in [6.45, 7) is 1.37. The second-order valence-corrected chi connectivity index (χ2v) is 9.56. The van der Waals surface area contributed by atoms with Gasteiger partial charge in [0.2, 0.25) is 21.8 Å². The van der Waals surface area contributed by atoms with Crippen LogP contribution < -0.4 is 10.6 Å². The van der Waals surface area contributed by atoms with Crippen molar-refractivity contribution < 1.29 is 27.9 Å². The average molecular weight is 438 g/mol. The number of carbonyl (C=O) groups excluding carboxylic acids is 2. The van der Waals surface area contributed by atoms with Crippen molar-refractivity contribution in [3.63, 3.8) is 0 Å². The maximum atomic E-state index is 13.3. The van der Waals surface area contributed by atoms with E-state index in [9.17, 15) is 27.9 Å². The normalized spacial score (nSPS) is 24.8. The third-order valence-electron chi connectivity index (χ3n) is 5.85. The molecule has 0 radical (unpaired) electrons. The number of fused-ring (bicyclic) bond motifs is 3. The van der Waals surface area contributed by atoms with Crippen LogP contribution in [-0.2, 0) is 24.4 Å². The molecule has 30 heavy (non-hydrogen) atoms. The van der Waals surface area contributed by atoms with E-state index in [2.05, 4.69) is 10.6 Å². The number of sulfonamides is 1. The van der Waals surface area contributed by atoms with Gasteiger partial charge in [0.25, 0.3) is 0 Å². The Hall–Kier alpha value is -2.46. The van der Waals surface area contributed by atoms with Gasteiger partial charge >= 0.3 is 5.97 Å². The Labute approximate surface area is 175 Å². The highest BCUT2D eigenvalue weighted by Gasteiger charge is 2.51. The summed E-state index contributed by atoms with van der Waals surface area (Å²) in [7, 11) is -3.92. The van der Waals surface area contributed by atoms with Gasteiger partial charge in [-0.25, -0.2) is 13.2 Å². The Bertz CT molecular complexity index is 896. The standard InChI is InChI=1S/C20H27N3O6S/c1-2-17(24)21-12-16(20(26)27)22-19(25)18-13-8-10-14(11-9-13)23(18)30(28,29)15-6-4-3-5-7-15/h3-7,13-14,16,18H,2,8-12H2,1H3,(H,21,24)(H,22,25)(H,26,27)/t13?,14?,16-,18?/m0/s1. The zero-order chi connectivity index (χ0) is 21.9. The van der Waals surface area contributed by atoms with E-state index in [0.717, 1.165) is 0 Å². The number of aliphatic carboxylic acids is 1. The van der Waals surface area contributed by atoms with Gasteiger partial charge in [-0.2, -0.15) is 4.31 Å². The van der Waals surface area contributed by atoms with E-state index in [1.807, 2.05) is 0 Å². The number of nitrogens with one attached hydrogen (secondary N) is 2. The molecule has 1 saturated carbocycles. The van der Waals surface area contributed by atoms with E-state index >= 15 is 0 Å². The fourth-order valence-electron chi connectivity index (χ4n) is 4.29. The van der Waals surface area contributed by atoms with Crippen molar-refractivity contribution in [3.05, 3.63) is 30.3 Å². The van der Waals surface area contributed by atoms with Gasteiger partial charge in [0.15, 0.2) is 0 Å². The van der Waals surface area contributed by atoms with E-state index in [1.54, 1.807) is 25.1 Å². The van der Waals surface area contributed by atoms with Gasteiger partial charge in [-0.15, -0.1) is 0 Å². The van der Waals surface area contributed by atoms with E-state index in [4.69, 9.17) is 0 Å². The van der Waals surface area contributed by atoms with Crippen molar-refractivity contribution >= 4 is 27.8 Å². The van der Waals surface area contributed by atoms with Gasteiger partial charge in [-0.1, -0.05) is 25.1 Å². The van der Waals surface area contributed by atoms with Crippen molar-refractivity contribution in [2.75, 3.05) is 6.54 Å². The highest BCUT2D eigenvalue weighted by Crippen LogP contribution is 2.42. The smallest absolute Gasteiger partial charge is 0.328 e. The highest BCUT2D eigenvalue weighted by atomic mass is 32.2. The Balaban J connectivity index is 1.85. The molecule has 3 aliphatic rings. The van der Waals surface area contributed by atoms with Crippen LogP contribution in [0.4, 0.5) is 0 Å². The molecule has 2 atom stereocenters. The maximum Gasteiger partial charge on any atom is 0.328 e. The third-order valence-corrected chi connectivity index (χ3v) is 7.80. The summed E-state index contributed by atoms with van der Waals surface area (Å²) in [6.07, 6.45) is 2.97. The first-order valence-corrected chi connectivity index (χ1v) is 11.6. The summed E-state index contributed by atoms with van der Waals surface area (Å²) in [5.74, 6) is -2.44. The number of carboxylic acid groups (broad SMARTS) is 1. The van der Waals surface area contributed by atoms with Gasteiger partial charge in [0.1, 0.15) is 12.1 Å². The van der Waals surface area contributed by atoms with Crippen LogP contribution >= 0.6 is 0 Å². The molecular formula is C20H27N3O6S. The highest BCUT2D eigenvalue weighted by molar-refractivity contribution is 7.89. The van der Waals surface area contributed by atoms with Crippen LogP contribution in [0.1, 0.15) is 39.0 Å². The molecule has 3 fully saturated rings. The fourth-order valence-corrected chi connectivity index (χ4v) is 6.21. The van der Waals surface area contributed by atoms with E-state index < -0.39 is 34.0 Å². The average Bonchev–Trinajstić information content (AvgIpc) is 2.76. The van der Waals surface area contributed by atoms with Crippen LogP contribution in [0.15, 0.2) is 35.2 Å². The van der Waals surface area contributed by atoms with Crippen molar-refractivity contribution in [2.24, 2.45) is 5.92 Å². The molecule has 1 unspecified atom stereocenters. The molecular weight excluding hydrogens is 410 g/mol. The van der Waals surface area contributed by atoms with Crippen LogP contribution in [0.2, 0.25) is 0 Å². The van der Waals surface area contributed by atoms with Gasteiger partial charge in [-0.05, 0) is 43.7 Å². The lowest BCUT2D eigenvalue weighted by Gasteiger charge is -2.49. The lowest BCUT2D eigenvalue weighted by molar-refractivity contribution is -0.143. The second-order valence-electron chi connectivity index (χ2n) is 7.72. The van der Waals surface area contributed by atoms with E-state index in [-0.39, 0.29) is 35.7 Å². The molecule has 2 amide bonds. The molecule has 10 heteroatoms. The Kier molecular flexibility index (Phi) is 6.77. The van der Waals surface area contributed by atoms with Crippen molar-refractivity contribution in [2.45, 2.75) is 62.0 Å². The number of hydrogen-bond donors (Lipinski definition) is 3.